The van der Waals surface area contributed by atoms with Gasteiger partial charge in [0.2, 0.25) is 0 Å². The minimum absolute atomic E-state index is 0.186. The first kappa shape index (κ1) is 14.9. The van der Waals surface area contributed by atoms with Gasteiger partial charge in [0.15, 0.2) is 10.8 Å². The Kier molecular flexibility index (Phi) is 4.09. The number of alkyl halides is 3. The van der Waals surface area contributed by atoms with E-state index in [0.717, 1.165) is 11.2 Å². The molecule has 20 heavy (non-hydrogen) atoms. The number of nitrogens with one attached hydrogen (secondary N) is 1. The molecule has 0 spiro atoms. The molecular weight excluding hydrogens is 311 g/mol. The number of nitrogens with zero attached hydrogens (tertiary/aromatic N) is 2. The number of hydrogen-bond acceptors (Lipinski definition) is 5. The van der Waals surface area contributed by atoms with Crippen molar-refractivity contribution >= 4 is 33.7 Å². The maximum Gasteiger partial charge on any atom is 0.434 e. The summed E-state index contributed by atoms with van der Waals surface area (Å²) in [6, 6.07) is 0. The topological polar surface area (TPSA) is 54.9 Å². The van der Waals surface area contributed by atoms with Gasteiger partial charge in [-0.1, -0.05) is 13.8 Å². The summed E-state index contributed by atoms with van der Waals surface area (Å²) in [6.45, 7) is 3.87. The van der Waals surface area contributed by atoms with E-state index in [-0.39, 0.29) is 11.0 Å². The van der Waals surface area contributed by atoms with Crippen molar-refractivity contribution in [2.24, 2.45) is 0 Å². The molecule has 0 bridgehead atoms. The summed E-state index contributed by atoms with van der Waals surface area (Å²) in [5.41, 5.74) is 0.616. The van der Waals surface area contributed by atoms with Crippen molar-refractivity contribution in [1.82, 2.24) is 9.97 Å². The second-order valence-electron chi connectivity index (χ2n) is 4.21. The lowest BCUT2D eigenvalue weighted by molar-refractivity contribution is -0.141. The summed E-state index contributed by atoms with van der Waals surface area (Å²) in [6.07, 6.45) is -4.64. The molecule has 0 aliphatic rings. The van der Waals surface area contributed by atoms with Gasteiger partial charge in [-0.15, -0.1) is 22.7 Å². The Hall–Kier alpha value is -1.48. The van der Waals surface area contributed by atoms with Crippen LogP contribution in [0.3, 0.4) is 0 Å². The van der Waals surface area contributed by atoms with Crippen molar-refractivity contribution in [3.8, 4) is 0 Å². The molecule has 2 aromatic rings. The van der Waals surface area contributed by atoms with E-state index < -0.39 is 22.7 Å². The van der Waals surface area contributed by atoms with Crippen LogP contribution in [0.2, 0.25) is 0 Å². The summed E-state index contributed by atoms with van der Waals surface area (Å²) in [5, 5.41) is 4.41. The van der Waals surface area contributed by atoms with Crippen LogP contribution in [-0.4, -0.2) is 15.9 Å². The number of thiazole rings is 2. The number of carbonyl (C=O) groups is 1. The Morgan fingerprint density at radius 1 is 1.35 bits per heavy atom. The SMILES string of the molecule is CC(C)c1csc(NC(=O)c2scnc2C(F)(F)F)n1. The van der Waals surface area contributed by atoms with Crippen LogP contribution < -0.4 is 5.32 Å². The highest BCUT2D eigenvalue weighted by Gasteiger charge is 2.38. The highest BCUT2D eigenvalue weighted by Crippen LogP contribution is 2.33. The fraction of sp³-hybridized carbons (Fsp3) is 0.364. The van der Waals surface area contributed by atoms with E-state index in [9.17, 15) is 18.0 Å². The maximum atomic E-state index is 12.6. The number of hydrogen-bond donors (Lipinski definition) is 1. The van der Waals surface area contributed by atoms with Gasteiger partial charge in [0.25, 0.3) is 5.91 Å². The highest BCUT2D eigenvalue weighted by molar-refractivity contribution is 7.14. The normalized spacial score (nSPS) is 11.9. The standard InChI is InChI=1S/C11H10F3N3OS2/c1-5(2)6-3-19-10(16-6)17-9(18)7-8(11(12,13)14)15-4-20-7/h3-5H,1-2H3,(H,16,17,18). The van der Waals surface area contributed by atoms with Gasteiger partial charge in [-0.3, -0.25) is 10.1 Å². The van der Waals surface area contributed by atoms with Crippen LogP contribution in [0.1, 0.15) is 40.8 Å². The van der Waals surface area contributed by atoms with Crippen molar-refractivity contribution in [1.29, 1.82) is 0 Å². The Labute approximate surface area is 120 Å². The fourth-order valence-corrected chi connectivity index (χ4v) is 2.94. The molecule has 4 nitrogen and oxygen atoms in total. The van der Waals surface area contributed by atoms with Crippen LogP contribution in [0, 0.1) is 0 Å². The van der Waals surface area contributed by atoms with Crippen molar-refractivity contribution in [2.75, 3.05) is 5.32 Å². The number of carbonyl (C=O) groups excluding carboxylic acids is 1. The number of amides is 1. The van der Waals surface area contributed by atoms with Gasteiger partial charge in [-0.05, 0) is 5.92 Å². The molecule has 1 N–H and O–H groups in total. The molecule has 0 unspecified atom stereocenters. The zero-order valence-corrected chi connectivity index (χ0v) is 12.1. The van der Waals surface area contributed by atoms with Crippen LogP contribution in [0.4, 0.5) is 18.3 Å². The van der Waals surface area contributed by atoms with Crippen molar-refractivity contribution in [2.45, 2.75) is 25.9 Å². The van der Waals surface area contributed by atoms with Crippen molar-refractivity contribution in [3.63, 3.8) is 0 Å². The largest absolute Gasteiger partial charge is 0.434 e. The predicted octanol–water partition coefficient (Wildman–Crippen LogP) is 3.99. The fourth-order valence-electron chi connectivity index (χ4n) is 1.37. The smallest absolute Gasteiger partial charge is 0.297 e. The highest BCUT2D eigenvalue weighted by atomic mass is 32.1. The molecule has 0 atom stereocenters. The van der Waals surface area contributed by atoms with Crippen molar-refractivity contribution < 1.29 is 18.0 Å². The molecule has 0 aliphatic heterocycles. The first-order valence-corrected chi connectivity index (χ1v) is 7.32. The summed E-state index contributed by atoms with van der Waals surface area (Å²) in [7, 11) is 0. The van der Waals surface area contributed by atoms with Crippen LogP contribution in [0.5, 0.6) is 0 Å². The summed E-state index contributed by atoms with van der Waals surface area (Å²) in [4.78, 5) is 18.7. The Balaban J connectivity index is 2.18. The van der Waals surface area contributed by atoms with E-state index in [1.165, 1.54) is 11.3 Å². The lowest BCUT2D eigenvalue weighted by Gasteiger charge is -2.05. The molecule has 108 valence electrons. The van der Waals surface area contributed by atoms with E-state index in [0.29, 0.717) is 11.3 Å². The molecule has 0 aliphatic carbocycles. The van der Waals surface area contributed by atoms with Crippen LogP contribution in [0.15, 0.2) is 10.9 Å². The molecule has 0 radical (unpaired) electrons. The van der Waals surface area contributed by atoms with Gasteiger partial charge < -0.3 is 0 Å². The summed E-state index contributed by atoms with van der Waals surface area (Å²) < 4.78 is 37.9. The van der Waals surface area contributed by atoms with Gasteiger partial charge in [0.05, 0.1) is 11.2 Å². The molecule has 2 aromatic heterocycles. The Morgan fingerprint density at radius 3 is 2.60 bits per heavy atom. The van der Waals surface area contributed by atoms with E-state index in [4.69, 9.17) is 0 Å². The Bertz CT molecular complexity index is 618. The van der Waals surface area contributed by atoms with Gasteiger partial charge >= 0.3 is 6.18 Å². The minimum Gasteiger partial charge on any atom is -0.297 e. The molecule has 0 saturated heterocycles. The van der Waals surface area contributed by atoms with Gasteiger partial charge in [-0.25, -0.2) is 9.97 Å². The van der Waals surface area contributed by atoms with Gasteiger partial charge in [0, 0.05) is 5.38 Å². The Morgan fingerprint density at radius 2 is 2.05 bits per heavy atom. The first-order chi connectivity index (χ1) is 9.29. The molecule has 1 amide bonds. The second kappa shape index (κ2) is 5.49. The van der Waals surface area contributed by atoms with Crippen LogP contribution in [0.25, 0.3) is 0 Å². The molecule has 0 aromatic carbocycles. The average molecular weight is 321 g/mol. The number of halogens is 3. The number of aromatic nitrogens is 2. The predicted molar refractivity (Wildman–Crippen MR) is 71.3 cm³/mol. The third-order valence-electron chi connectivity index (χ3n) is 2.38. The van der Waals surface area contributed by atoms with Crippen LogP contribution >= 0.6 is 22.7 Å². The number of anilines is 1. The molecule has 2 heterocycles. The molecule has 0 fully saturated rings. The minimum atomic E-state index is -4.64. The van der Waals surface area contributed by atoms with Crippen molar-refractivity contribution in [3.05, 3.63) is 27.2 Å². The second-order valence-corrected chi connectivity index (χ2v) is 5.93. The molecule has 2 rings (SSSR count). The van der Waals surface area contributed by atoms with Crippen LogP contribution in [-0.2, 0) is 6.18 Å². The summed E-state index contributed by atoms with van der Waals surface area (Å²) in [5.74, 6) is -0.657. The lowest BCUT2D eigenvalue weighted by Crippen LogP contribution is -2.17. The van der Waals surface area contributed by atoms with E-state index in [1.807, 2.05) is 13.8 Å². The van der Waals surface area contributed by atoms with E-state index >= 15 is 0 Å². The molecular formula is C11H10F3N3OS2. The number of rotatable bonds is 3. The average Bonchev–Trinajstić information content (AvgIpc) is 2.95. The quantitative estimate of drug-likeness (QED) is 0.930. The van der Waals surface area contributed by atoms with E-state index in [2.05, 4.69) is 15.3 Å². The van der Waals surface area contributed by atoms with E-state index in [1.54, 1.807) is 5.38 Å². The lowest BCUT2D eigenvalue weighted by atomic mass is 10.2. The first-order valence-electron chi connectivity index (χ1n) is 5.56. The molecule has 9 heteroatoms. The maximum absolute atomic E-state index is 12.6. The van der Waals surface area contributed by atoms with Gasteiger partial charge in [-0.2, -0.15) is 13.2 Å². The monoisotopic (exact) mass is 321 g/mol. The summed E-state index contributed by atoms with van der Waals surface area (Å²) >= 11 is 1.83. The molecule has 0 saturated carbocycles. The zero-order chi connectivity index (χ0) is 14.9. The zero-order valence-electron chi connectivity index (χ0n) is 10.5. The third kappa shape index (κ3) is 3.15. The van der Waals surface area contributed by atoms with Gasteiger partial charge in [0.1, 0.15) is 4.88 Å². The third-order valence-corrected chi connectivity index (χ3v) is 3.98.